The van der Waals surface area contributed by atoms with E-state index < -0.39 is 0 Å². The van der Waals surface area contributed by atoms with Gasteiger partial charge in [-0.2, -0.15) is 0 Å². The summed E-state index contributed by atoms with van der Waals surface area (Å²) in [5.41, 5.74) is 6.42. The van der Waals surface area contributed by atoms with Crippen LogP contribution in [-0.4, -0.2) is 4.98 Å². The van der Waals surface area contributed by atoms with Gasteiger partial charge in [0.25, 0.3) is 0 Å². The topological polar surface area (TPSA) is 15.8 Å². The summed E-state index contributed by atoms with van der Waals surface area (Å²) in [6.07, 6.45) is 5.60. The molecule has 0 spiro atoms. The maximum absolute atomic E-state index is 3.57. The minimum Gasteiger partial charge on any atom is -0.355 e. The van der Waals surface area contributed by atoms with Crippen LogP contribution in [0.5, 0.6) is 0 Å². The third-order valence-electron chi connectivity index (χ3n) is 5.41. The van der Waals surface area contributed by atoms with Crippen LogP contribution in [0, 0.1) is 0 Å². The zero-order valence-corrected chi connectivity index (χ0v) is 13.9. The van der Waals surface area contributed by atoms with Gasteiger partial charge in [0.15, 0.2) is 0 Å². The van der Waals surface area contributed by atoms with Crippen molar-refractivity contribution in [3.8, 4) is 0 Å². The number of hydrogen-bond acceptors (Lipinski definition) is 0. The van der Waals surface area contributed by atoms with E-state index >= 15 is 0 Å². The molecule has 0 aliphatic heterocycles. The SMILES string of the molecule is C1=CC(c2ccccc2)(c2ccccc2)Cc2c1[nH]c1ccccc21. The number of rotatable bonds is 2. The van der Waals surface area contributed by atoms with Crippen molar-refractivity contribution < 1.29 is 0 Å². The van der Waals surface area contributed by atoms with Gasteiger partial charge < -0.3 is 4.98 Å². The van der Waals surface area contributed by atoms with Crippen molar-refractivity contribution in [2.75, 3.05) is 0 Å². The Labute approximate surface area is 147 Å². The Morgan fingerprint density at radius 3 is 1.96 bits per heavy atom. The van der Waals surface area contributed by atoms with Crippen LogP contribution in [0.3, 0.4) is 0 Å². The maximum Gasteiger partial charge on any atom is 0.0461 e. The van der Waals surface area contributed by atoms with Crippen LogP contribution in [-0.2, 0) is 11.8 Å². The van der Waals surface area contributed by atoms with Crippen molar-refractivity contribution in [2.24, 2.45) is 0 Å². The number of hydrogen-bond donors (Lipinski definition) is 1. The molecule has 4 aromatic rings. The van der Waals surface area contributed by atoms with Crippen molar-refractivity contribution >= 4 is 17.0 Å². The number of fused-ring (bicyclic) bond motifs is 3. The molecule has 1 aliphatic rings. The fourth-order valence-corrected chi connectivity index (χ4v) is 4.15. The van der Waals surface area contributed by atoms with E-state index in [4.69, 9.17) is 0 Å². The summed E-state index contributed by atoms with van der Waals surface area (Å²) in [5.74, 6) is 0. The van der Waals surface area contributed by atoms with Crippen molar-refractivity contribution in [1.29, 1.82) is 0 Å². The van der Waals surface area contributed by atoms with Crippen molar-refractivity contribution in [2.45, 2.75) is 11.8 Å². The normalized spacial score (nSPS) is 15.2. The lowest BCUT2D eigenvalue weighted by Crippen LogP contribution is -2.30. The Hall–Kier alpha value is -3.06. The average Bonchev–Trinajstić information content (AvgIpc) is 3.07. The Morgan fingerprint density at radius 2 is 1.28 bits per heavy atom. The zero-order chi connectivity index (χ0) is 16.7. The van der Waals surface area contributed by atoms with E-state index in [2.05, 4.69) is 102 Å². The molecule has 0 saturated carbocycles. The summed E-state index contributed by atoms with van der Waals surface area (Å²) < 4.78 is 0. The van der Waals surface area contributed by atoms with Crippen molar-refractivity contribution in [3.63, 3.8) is 0 Å². The van der Waals surface area contributed by atoms with Crippen LogP contribution < -0.4 is 0 Å². The Bertz CT molecular complexity index is 1020. The van der Waals surface area contributed by atoms with Gasteiger partial charge in [0.1, 0.15) is 0 Å². The van der Waals surface area contributed by atoms with Gasteiger partial charge >= 0.3 is 0 Å². The lowest BCUT2D eigenvalue weighted by molar-refractivity contribution is 0.635. The van der Waals surface area contributed by atoms with E-state index in [1.165, 1.54) is 33.3 Å². The van der Waals surface area contributed by atoms with E-state index in [1.807, 2.05) is 0 Å². The highest BCUT2D eigenvalue weighted by Gasteiger charge is 2.35. The molecule has 0 amide bonds. The van der Waals surface area contributed by atoms with Crippen LogP contribution in [0.1, 0.15) is 22.4 Å². The summed E-state index contributed by atoms with van der Waals surface area (Å²) in [4.78, 5) is 3.57. The Balaban J connectivity index is 1.76. The van der Waals surface area contributed by atoms with Crippen LogP contribution in [0.25, 0.3) is 17.0 Å². The number of nitrogens with one attached hydrogen (secondary N) is 1. The lowest BCUT2D eigenvalue weighted by atomic mass is 9.68. The molecule has 1 heterocycles. The molecule has 0 unspecified atom stereocenters. The number of para-hydroxylation sites is 1. The third-order valence-corrected chi connectivity index (χ3v) is 5.41. The molecule has 0 radical (unpaired) electrons. The molecule has 1 heteroatoms. The molecule has 0 saturated heterocycles. The fourth-order valence-electron chi connectivity index (χ4n) is 4.15. The molecular weight excluding hydrogens is 302 g/mol. The molecule has 5 rings (SSSR count). The summed E-state index contributed by atoms with van der Waals surface area (Å²) >= 11 is 0. The van der Waals surface area contributed by atoms with Gasteiger partial charge in [0.05, 0.1) is 0 Å². The van der Waals surface area contributed by atoms with Gasteiger partial charge in [-0.25, -0.2) is 0 Å². The fraction of sp³-hybridized carbons (Fsp3) is 0.0833. The monoisotopic (exact) mass is 321 g/mol. The van der Waals surface area contributed by atoms with E-state index in [-0.39, 0.29) is 5.41 Å². The van der Waals surface area contributed by atoms with E-state index in [0.717, 1.165) is 6.42 Å². The number of aromatic amines is 1. The first-order valence-electron chi connectivity index (χ1n) is 8.77. The Morgan fingerprint density at radius 1 is 0.680 bits per heavy atom. The molecule has 25 heavy (non-hydrogen) atoms. The van der Waals surface area contributed by atoms with Gasteiger partial charge in [-0.05, 0) is 35.3 Å². The smallest absolute Gasteiger partial charge is 0.0461 e. The van der Waals surface area contributed by atoms with Crippen LogP contribution >= 0.6 is 0 Å². The number of allylic oxidation sites excluding steroid dienone is 1. The molecule has 0 fully saturated rings. The number of H-pyrrole nitrogens is 1. The molecule has 3 aromatic carbocycles. The maximum atomic E-state index is 3.57. The highest BCUT2D eigenvalue weighted by atomic mass is 14.7. The van der Waals surface area contributed by atoms with E-state index in [0.29, 0.717) is 0 Å². The van der Waals surface area contributed by atoms with Gasteiger partial charge in [-0.1, -0.05) is 84.9 Å². The minimum absolute atomic E-state index is 0.125. The second-order valence-electron chi connectivity index (χ2n) is 6.78. The van der Waals surface area contributed by atoms with Gasteiger partial charge in [-0.3, -0.25) is 0 Å². The van der Waals surface area contributed by atoms with Crippen molar-refractivity contribution in [3.05, 3.63) is 113 Å². The molecule has 1 N–H and O–H groups in total. The molecule has 1 aliphatic carbocycles. The first-order chi connectivity index (χ1) is 12.4. The van der Waals surface area contributed by atoms with Gasteiger partial charge in [0, 0.05) is 22.0 Å². The number of benzene rings is 3. The number of aromatic nitrogens is 1. The highest BCUT2D eigenvalue weighted by Crippen LogP contribution is 2.43. The third kappa shape index (κ3) is 2.16. The first kappa shape index (κ1) is 14.3. The molecule has 120 valence electrons. The summed E-state index contributed by atoms with van der Waals surface area (Å²) in [6, 6.07) is 30.3. The molecular formula is C24H19N. The minimum atomic E-state index is -0.125. The van der Waals surface area contributed by atoms with Crippen LogP contribution in [0.4, 0.5) is 0 Å². The predicted octanol–water partition coefficient (Wildman–Crippen LogP) is 5.72. The quantitative estimate of drug-likeness (QED) is 0.486. The van der Waals surface area contributed by atoms with Gasteiger partial charge in [0.2, 0.25) is 0 Å². The largest absolute Gasteiger partial charge is 0.355 e. The van der Waals surface area contributed by atoms with Crippen LogP contribution in [0.2, 0.25) is 0 Å². The Kier molecular flexibility index (Phi) is 3.14. The van der Waals surface area contributed by atoms with Crippen molar-refractivity contribution in [1.82, 2.24) is 4.98 Å². The standard InChI is InChI=1S/C24H19N/c1-3-9-18(10-4-1)24(19-11-5-2-6-12-19)16-15-23-21(17-24)20-13-7-8-14-22(20)25-23/h1-16,25H,17H2. The lowest BCUT2D eigenvalue weighted by Gasteiger charge is -2.35. The molecule has 0 bridgehead atoms. The molecule has 0 atom stereocenters. The summed E-state index contributed by atoms with van der Waals surface area (Å²) in [6.45, 7) is 0. The second kappa shape index (κ2) is 5.49. The van der Waals surface area contributed by atoms with Crippen LogP contribution in [0.15, 0.2) is 91.0 Å². The van der Waals surface area contributed by atoms with E-state index in [9.17, 15) is 0 Å². The predicted molar refractivity (Wildman–Crippen MR) is 105 cm³/mol. The molecule has 1 aromatic heterocycles. The summed E-state index contributed by atoms with van der Waals surface area (Å²) in [5, 5.41) is 1.33. The second-order valence-corrected chi connectivity index (χ2v) is 6.78. The average molecular weight is 321 g/mol. The zero-order valence-electron chi connectivity index (χ0n) is 13.9. The van der Waals surface area contributed by atoms with Gasteiger partial charge in [-0.15, -0.1) is 0 Å². The summed E-state index contributed by atoms with van der Waals surface area (Å²) in [7, 11) is 0. The highest BCUT2D eigenvalue weighted by molar-refractivity contribution is 5.88. The van der Waals surface area contributed by atoms with E-state index in [1.54, 1.807) is 0 Å². The first-order valence-corrected chi connectivity index (χ1v) is 8.77. The molecule has 1 nitrogen and oxygen atoms in total.